The fourth-order valence-corrected chi connectivity index (χ4v) is 2.50. The number of nitrogens with one attached hydrogen (secondary N) is 2. The number of hydrogen-bond donors (Lipinski definition) is 2. The third-order valence-electron chi connectivity index (χ3n) is 3.80. The number of halogens is 1. The van der Waals surface area contributed by atoms with Gasteiger partial charge in [-0.25, -0.2) is 9.97 Å². The normalized spacial score (nSPS) is 10.8. The van der Waals surface area contributed by atoms with Gasteiger partial charge in [0.25, 0.3) is 0 Å². The fraction of sp³-hybridized carbons (Fsp3) is 0.278. The summed E-state index contributed by atoms with van der Waals surface area (Å²) in [7, 11) is 3.65. The van der Waals surface area contributed by atoms with Crippen LogP contribution in [0.25, 0.3) is 11.4 Å². The van der Waals surface area contributed by atoms with Crippen LogP contribution >= 0.6 is 11.6 Å². The molecule has 2 heterocycles. The average Bonchev–Trinajstić information content (AvgIpc) is 3.04. The standard InChI is InChI=1S/C18H21ClN6O/c1-12-10-16(24-23-12)20-15-11-17(25(2)8-9-26-3)22-18(21-15)13-4-6-14(19)7-5-13/h4-7,10-11H,8-9H2,1-3H3,(H2,20,21,22,23,24). The van der Waals surface area contributed by atoms with E-state index in [0.29, 0.717) is 35.6 Å². The van der Waals surface area contributed by atoms with Crippen LogP contribution in [0.15, 0.2) is 36.4 Å². The zero-order chi connectivity index (χ0) is 18.5. The van der Waals surface area contributed by atoms with Crippen LogP contribution in [0, 0.1) is 6.92 Å². The quantitative estimate of drug-likeness (QED) is 0.659. The van der Waals surface area contributed by atoms with Gasteiger partial charge in [-0.15, -0.1) is 0 Å². The van der Waals surface area contributed by atoms with Crippen molar-refractivity contribution in [2.45, 2.75) is 6.92 Å². The maximum absolute atomic E-state index is 5.99. The number of aromatic amines is 1. The summed E-state index contributed by atoms with van der Waals surface area (Å²) in [6, 6.07) is 11.3. The van der Waals surface area contributed by atoms with Crippen molar-refractivity contribution in [2.24, 2.45) is 0 Å². The van der Waals surface area contributed by atoms with Crippen molar-refractivity contribution in [3.8, 4) is 11.4 Å². The number of aromatic nitrogens is 4. The Kier molecular flexibility index (Phi) is 5.70. The molecule has 1 aromatic carbocycles. The molecule has 0 unspecified atom stereocenters. The molecule has 0 radical (unpaired) electrons. The largest absolute Gasteiger partial charge is 0.383 e. The maximum atomic E-state index is 5.99. The number of ether oxygens (including phenoxy) is 1. The van der Waals surface area contributed by atoms with Gasteiger partial charge in [-0.05, 0) is 31.2 Å². The van der Waals surface area contributed by atoms with Crippen molar-refractivity contribution in [2.75, 3.05) is 37.5 Å². The number of rotatable bonds is 7. The van der Waals surface area contributed by atoms with E-state index < -0.39 is 0 Å². The van der Waals surface area contributed by atoms with E-state index in [4.69, 9.17) is 16.3 Å². The summed E-state index contributed by atoms with van der Waals surface area (Å²) < 4.78 is 5.16. The first-order chi connectivity index (χ1) is 12.5. The van der Waals surface area contributed by atoms with Crippen LogP contribution in [-0.2, 0) is 4.74 Å². The second-order valence-corrected chi connectivity index (χ2v) is 6.35. The lowest BCUT2D eigenvalue weighted by Crippen LogP contribution is -2.23. The molecule has 136 valence electrons. The van der Waals surface area contributed by atoms with E-state index in [9.17, 15) is 0 Å². The van der Waals surface area contributed by atoms with Gasteiger partial charge >= 0.3 is 0 Å². The molecule has 0 fully saturated rings. The van der Waals surface area contributed by atoms with E-state index in [-0.39, 0.29) is 0 Å². The number of methoxy groups -OCH3 is 1. The first-order valence-electron chi connectivity index (χ1n) is 8.19. The maximum Gasteiger partial charge on any atom is 0.163 e. The second-order valence-electron chi connectivity index (χ2n) is 5.92. The minimum atomic E-state index is 0.609. The number of anilines is 3. The van der Waals surface area contributed by atoms with Gasteiger partial charge in [0, 0.05) is 49.1 Å². The van der Waals surface area contributed by atoms with Gasteiger partial charge in [-0.3, -0.25) is 5.10 Å². The summed E-state index contributed by atoms with van der Waals surface area (Å²) in [5.41, 5.74) is 1.86. The first kappa shape index (κ1) is 18.2. The Hall–Kier alpha value is -2.64. The predicted molar refractivity (Wildman–Crippen MR) is 104 cm³/mol. The van der Waals surface area contributed by atoms with Crippen molar-refractivity contribution in [1.82, 2.24) is 20.2 Å². The minimum Gasteiger partial charge on any atom is -0.383 e. The highest BCUT2D eigenvalue weighted by molar-refractivity contribution is 6.30. The molecule has 0 aliphatic rings. The van der Waals surface area contributed by atoms with E-state index in [2.05, 4.69) is 25.5 Å². The Morgan fingerprint density at radius 1 is 1.15 bits per heavy atom. The molecule has 0 saturated heterocycles. The molecule has 7 nitrogen and oxygen atoms in total. The molecule has 0 saturated carbocycles. The molecule has 0 atom stereocenters. The van der Waals surface area contributed by atoms with Gasteiger partial charge in [0.2, 0.25) is 0 Å². The molecule has 0 amide bonds. The fourth-order valence-electron chi connectivity index (χ4n) is 2.38. The molecular weight excluding hydrogens is 352 g/mol. The molecule has 26 heavy (non-hydrogen) atoms. The Labute approximate surface area is 157 Å². The Morgan fingerprint density at radius 3 is 2.58 bits per heavy atom. The molecule has 8 heteroatoms. The lowest BCUT2D eigenvalue weighted by atomic mass is 10.2. The number of H-pyrrole nitrogens is 1. The number of hydrogen-bond acceptors (Lipinski definition) is 6. The first-order valence-corrected chi connectivity index (χ1v) is 8.57. The zero-order valence-corrected chi connectivity index (χ0v) is 15.7. The van der Waals surface area contributed by atoms with E-state index in [0.717, 1.165) is 17.1 Å². The van der Waals surface area contributed by atoms with Crippen molar-refractivity contribution in [3.63, 3.8) is 0 Å². The van der Waals surface area contributed by atoms with Gasteiger partial charge in [0.05, 0.1) is 6.61 Å². The van der Waals surface area contributed by atoms with Crippen LogP contribution in [0.5, 0.6) is 0 Å². The highest BCUT2D eigenvalue weighted by Gasteiger charge is 2.11. The molecule has 2 N–H and O–H groups in total. The summed E-state index contributed by atoms with van der Waals surface area (Å²) in [6.07, 6.45) is 0. The predicted octanol–water partition coefficient (Wildman–Crippen LogP) is 3.65. The van der Waals surface area contributed by atoms with Crippen LogP contribution < -0.4 is 10.2 Å². The Balaban J connectivity index is 1.96. The third kappa shape index (κ3) is 4.50. The van der Waals surface area contributed by atoms with Crippen LogP contribution in [0.1, 0.15) is 5.69 Å². The van der Waals surface area contributed by atoms with Crippen molar-refractivity contribution in [3.05, 3.63) is 47.1 Å². The van der Waals surface area contributed by atoms with Crippen molar-refractivity contribution < 1.29 is 4.74 Å². The zero-order valence-electron chi connectivity index (χ0n) is 15.0. The number of benzene rings is 1. The summed E-state index contributed by atoms with van der Waals surface area (Å²) >= 11 is 5.99. The van der Waals surface area contributed by atoms with Gasteiger partial charge in [0.1, 0.15) is 11.6 Å². The molecule has 3 aromatic rings. The molecule has 3 rings (SSSR count). The molecule has 2 aromatic heterocycles. The molecule has 0 bridgehead atoms. The summed E-state index contributed by atoms with van der Waals surface area (Å²) in [5.74, 6) is 2.76. The van der Waals surface area contributed by atoms with Crippen LogP contribution in [0.2, 0.25) is 5.02 Å². The summed E-state index contributed by atoms with van der Waals surface area (Å²) in [5, 5.41) is 11.0. The van der Waals surface area contributed by atoms with Gasteiger partial charge < -0.3 is 15.0 Å². The molecule has 0 aliphatic carbocycles. The van der Waals surface area contributed by atoms with Crippen LogP contribution in [0.4, 0.5) is 17.5 Å². The second kappa shape index (κ2) is 8.16. The van der Waals surface area contributed by atoms with Gasteiger partial charge in [-0.1, -0.05) is 11.6 Å². The average molecular weight is 373 g/mol. The SMILES string of the molecule is COCCN(C)c1cc(Nc2cc(C)[nH]n2)nc(-c2ccc(Cl)cc2)n1. The number of nitrogens with zero attached hydrogens (tertiary/aromatic N) is 4. The van der Waals surface area contributed by atoms with E-state index in [1.165, 1.54) is 0 Å². The van der Waals surface area contributed by atoms with E-state index in [1.54, 1.807) is 7.11 Å². The van der Waals surface area contributed by atoms with Crippen molar-refractivity contribution in [1.29, 1.82) is 0 Å². The molecule has 0 aliphatic heterocycles. The smallest absolute Gasteiger partial charge is 0.163 e. The summed E-state index contributed by atoms with van der Waals surface area (Å²) in [4.78, 5) is 11.3. The lowest BCUT2D eigenvalue weighted by Gasteiger charge is -2.19. The monoisotopic (exact) mass is 372 g/mol. The minimum absolute atomic E-state index is 0.609. The van der Waals surface area contributed by atoms with E-state index >= 15 is 0 Å². The van der Waals surface area contributed by atoms with Crippen molar-refractivity contribution >= 4 is 29.1 Å². The lowest BCUT2D eigenvalue weighted by molar-refractivity contribution is 0.206. The molecule has 0 spiro atoms. The van der Waals surface area contributed by atoms with Gasteiger partial charge in [-0.2, -0.15) is 5.10 Å². The van der Waals surface area contributed by atoms with E-state index in [1.807, 2.05) is 55.3 Å². The molecular formula is C18H21ClN6O. The number of likely N-dealkylation sites (N-methyl/N-ethyl adjacent to an activating group) is 1. The highest BCUT2D eigenvalue weighted by atomic mass is 35.5. The topological polar surface area (TPSA) is 79.0 Å². The Morgan fingerprint density at radius 2 is 1.92 bits per heavy atom. The highest BCUT2D eigenvalue weighted by Crippen LogP contribution is 2.25. The number of aryl methyl sites for hydroxylation is 1. The van der Waals surface area contributed by atoms with Crippen LogP contribution in [-0.4, -0.2) is 47.5 Å². The summed E-state index contributed by atoms with van der Waals surface area (Å²) in [6.45, 7) is 3.27. The van der Waals surface area contributed by atoms with Crippen LogP contribution in [0.3, 0.4) is 0 Å². The van der Waals surface area contributed by atoms with Gasteiger partial charge in [0.15, 0.2) is 11.6 Å². The third-order valence-corrected chi connectivity index (χ3v) is 4.05. The Bertz CT molecular complexity index is 864.